The van der Waals surface area contributed by atoms with E-state index >= 15 is 0 Å². The Morgan fingerprint density at radius 2 is 2.02 bits per heavy atom. The van der Waals surface area contributed by atoms with Crippen molar-refractivity contribution in [3.05, 3.63) is 49.4 Å². The average molecular weight is 613 g/mol. The van der Waals surface area contributed by atoms with Crippen LogP contribution in [0.25, 0.3) is 10.9 Å². The van der Waals surface area contributed by atoms with Crippen LogP contribution in [-0.4, -0.2) is 79.5 Å². The maximum Gasteiger partial charge on any atom is 0.340 e. The Bertz CT molecular complexity index is 1330. The van der Waals surface area contributed by atoms with Gasteiger partial charge in [0.1, 0.15) is 5.75 Å². The number of alkyl halides is 1. The topological polar surface area (TPSA) is 112 Å². The van der Waals surface area contributed by atoms with Gasteiger partial charge in [0, 0.05) is 48.4 Å². The largest absolute Gasteiger partial charge is 0.493 e. The number of benzene rings is 1. The van der Waals surface area contributed by atoms with Crippen molar-refractivity contribution >= 4 is 40.2 Å². The lowest BCUT2D eigenvalue weighted by atomic mass is 9.77. The Kier molecular flexibility index (Phi) is 11.8. The predicted molar refractivity (Wildman–Crippen MR) is 167 cm³/mol. The lowest BCUT2D eigenvalue weighted by Gasteiger charge is -2.47. The highest BCUT2D eigenvalue weighted by molar-refractivity contribution is 6.34. The number of urea groups is 1. The molecule has 1 unspecified atom stereocenters. The molecule has 2 aromatic rings. The highest BCUT2D eigenvalue weighted by atomic mass is 35.5. The van der Waals surface area contributed by atoms with Gasteiger partial charge in [-0.2, -0.15) is 0 Å². The lowest BCUT2D eigenvalue weighted by molar-refractivity contribution is -0.153. The van der Waals surface area contributed by atoms with Gasteiger partial charge in [-0.25, -0.2) is 9.79 Å². The molecule has 3 amide bonds. The van der Waals surface area contributed by atoms with Gasteiger partial charge in [-0.05, 0) is 50.3 Å². The molecule has 2 aliphatic heterocycles. The van der Waals surface area contributed by atoms with Crippen molar-refractivity contribution in [1.82, 2.24) is 15.2 Å². The van der Waals surface area contributed by atoms with E-state index in [-0.39, 0.29) is 24.3 Å². The molecule has 1 aromatic carbocycles. The van der Waals surface area contributed by atoms with Crippen LogP contribution in [0.15, 0.2) is 54.4 Å². The van der Waals surface area contributed by atoms with E-state index in [1.807, 2.05) is 11.8 Å². The molecule has 1 atom stereocenters. The number of amides is 3. The lowest BCUT2D eigenvalue weighted by Crippen LogP contribution is -2.52. The summed E-state index contributed by atoms with van der Waals surface area (Å²) in [7, 11) is 1.56. The minimum Gasteiger partial charge on any atom is -0.493 e. The number of methoxy groups -OCH3 is 1. The van der Waals surface area contributed by atoms with Crippen LogP contribution in [0.3, 0.4) is 0 Å². The van der Waals surface area contributed by atoms with E-state index in [9.17, 15) is 9.59 Å². The standard InChI is InChI=1S/C32H41ClN4O6/c1-4-6-7-25(36-31(39)35-13-5-2)24(33)9-17-42-27-8-14-34-26-20-29(28(40-3)19-23(26)27)43-18-10-30(38)37-15-11-32(12-16-37)21-41-22-32/h4,8-9,14,17,19-20,24H,1,5-7,10-13,15-16,18,21-22H2,2-3H3,(H,35,39)/b17-9+,36-25?. The van der Waals surface area contributed by atoms with Gasteiger partial charge in [0.05, 0.1) is 50.5 Å². The Morgan fingerprint density at radius 3 is 2.70 bits per heavy atom. The van der Waals surface area contributed by atoms with Crippen molar-refractivity contribution in [3.63, 3.8) is 0 Å². The summed E-state index contributed by atoms with van der Waals surface area (Å²) in [6, 6.07) is 4.88. The zero-order valence-electron chi connectivity index (χ0n) is 25.0. The van der Waals surface area contributed by atoms with E-state index in [0.717, 1.165) is 45.6 Å². The van der Waals surface area contributed by atoms with Crippen LogP contribution in [0.1, 0.15) is 45.4 Å². The first kappa shape index (κ1) is 32.3. The maximum atomic E-state index is 12.8. The highest BCUT2D eigenvalue weighted by Gasteiger charge is 2.41. The van der Waals surface area contributed by atoms with E-state index in [2.05, 4.69) is 21.9 Å². The average Bonchev–Trinajstić information content (AvgIpc) is 3.00. The number of rotatable bonds is 14. The minimum absolute atomic E-state index is 0.0901. The van der Waals surface area contributed by atoms with Crippen molar-refractivity contribution in [2.75, 3.05) is 46.6 Å². The molecule has 1 aromatic heterocycles. The van der Waals surface area contributed by atoms with Crippen LogP contribution in [0.2, 0.25) is 0 Å². The van der Waals surface area contributed by atoms with Crippen molar-refractivity contribution in [2.24, 2.45) is 10.4 Å². The third-order valence-electron chi connectivity index (χ3n) is 7.69. The molecular formula is C32H41ClN4O6. The zero-order valence-corrected chi connectivity index (χ0v) is 25.7. The smallest absolute Gasteiger partial charge is 0.340 e. The molecule has 2 saturated heterocycles. The number of carbonyl (C=O) groups excluding carboxylic acids is 2. The van der Waals surface area contributed by atoms with Crippen molar-refractivity contribution < 1.29 is 28.5 Å². The van der Waals surface area contributed by atoms with Gasteiger partial charge in [0.25, 0.3) is 0 Å². The second kappa shape index (κ2) is 15.7. The number of hydrogen-bond acceptors (Lipinski definition) is 7. The van der Waals surface area contributed by atoms with Gasteiger partial charge in [-0.15, -0.1) is 18.2 Å². The second-order valence-electron chi connectivity index (χ2n) is 10.8. The molecule has 3 heterocycles. The van der Waals surface area contributed by atoms with Crippen molar-refractivity contribution in [3.8, 4) is 17.2 Å². The van der Waals surface area contributed by atoms with Gasteiger partial charge in [-0.3, -0.25) is 9.78 Å². The first-order chi connectivity index (χ1) is 20.9. The molecule has 10 nitrogen and oxygen atoms in total. The fourth-order valence-corrected chi connectivity index (χ4v) is 5.24. The SMILES string of the molecule is C=CCCC(=NC(=O)NCCC)C(Cl)/C=C/Oc1ccnc2cc(OCCC(=O)N3CCC4(CC3)COC4)c(OC)cc12. The third-order valence-corrected chi connectivity index (χ3v) is 8.09. The molecule has 43 heavy (non-hydrogen) atoms. The number of halogens is 1. The summed E-state index contributed by atoms with van der Waals surface area (Å²) < 4.78 is 22.9. The van der Waals surface area contributed by atoms with Crippen LogP contribution in [0.4, 0.5) is 4.79 Å². The Labute approximate surface area is 258 Å². The molecule has 2 fully saturated rings. The number of ether oxygens (including phenoxy) is 4. The normalized spacial score (nSPS) is 17.0. The van der Waals surface area contributed by atoms with E-state index in [1.165, 1.54) is 6.26 Å². The summed E-state index contributed by atoms with van der Waals surface area (Å²) in [6.45, 7) is 9.65. The number of nitrogens with one attached hydrogen (secondary N) is 1. The fourth-order valence-electron chi connectivity index (χ4n) is 5.02. The van der Waals surface area contributed by atoms with Crippen LogP contribution in [0.5, 0.6) is 17.2 Å². The highest BCUT2D eigenvalue weighted by Crippen LogP contribution is 2.39. The molecule has 4 rings (SSSR count). The molecule has 2 aliphatic rings. The monoisotopic (exact) mass is 612 g/mol. The van der Waals surface area contributed by atoms with Crippen molar-refractivity contribution in [1.29, 1.82) is 0 Å². The molecule has 1 N–H and O–H groups in total. The first-order valence-corrected chi connectivity index (χ1v) is 15.2. The maximum absolute atomic E-state index is 12.8. The summed E-state index contributed by atoms with van der Waals surface area (Å²) in [6.07, 6.45) is 10.7. The number of aromatic nitrogens is 1. The number of piperidine rings is 1. The van der Waals surface area contributed by atoms with E-state index in [1.54, 1.807) is 43.7 Å². The number of aliphatic imine (C=N–C) groups is 1. The Balaban J connectivity index is 1.37. The predicted octanol–water partition coefficient (Wildman–Crippen LogP) is 5.68. The molecule has 232 valence electrons. The number of pyridine rings is 1. The molecule has 11 heteroatoms. The van der Waals surface area contributed by atoms with Gasteiger partial charge in [-0.1, -0.05) is 13.0 Å². The van der Waals surface area contributed by atoms with Gasteiger partial charge in [0.15, 0.2) is 11.5 Å². The number of nitrogens with zero attached hydrogens (tertiary/aromatic N) is 3. The number of likely N-dealkylation sites (tertiary alicyclic amines) is 1. The molecule has 0 radical (unpaired) electrons. The fraction of sp³-hybridized carbons (Fsp3) is 0.500. The summed E-state index contributed by atoms with van der Waals surface area (Å²) in [5.41, 5.74) is 1.45. The van der Waals surface area contributed by atoms with Gasteiger partial charge < -0.3 is 29.2 Å². The van der Waals surface area contributed by atoms with E-state index < -0.39 is 11.4 Å². The van der Waals surface area contributed by atoms with Crippen LogP contribution >= 0.6 is 11.6 Å². The zero-order chi connectivity index (χ0) is 30.7. The minimum atomic E-state index is -0.643. The van der Waals surface area contributed by atoms with Gasteiger partial charge >= 0.3 is 6.03 Å². The summed E-state index contributed by atoms with van der Waals surface area (Å²) in [5, 5.41) is 2.80. The Morgan fingerprint density at radius 1 is 1.23 bits per heavy atom. The summed E-state index contributed by atoms with van der Waals surface area (Å²) >= 11 is 6.56. The molecular weight excluding hydrogens is 572 g/mol. The first-order valence-electron chi connectivity index (χ1n) is 14.8. The molecule has 0 bridgehead atoms. The number of hydrogen-bond donors (Lipinski definition) is 1. The third kappa shape index (κ3) is 8.70. The number of carbonyl (C=O) groups is 2. The van der Waals surface area contributed by atoms with E-state index in [0.29, 0.717) is 53.2 Å². The number of allylic oxidation sites excluding steroid dienone is 2. The van der Waals surface area contributed by atoms with E-state index in [4.69, 9.17) is 30.5 Å². The summed E-state index contributed by atoms with van der Waals surface area (Å²) in [4.78, 5) is 35.4. The molecule has 0 saturated carbocycles. The van der Waals surface area contributed by atoms with Crippen LogP contribution in [-0.2, 0) is 9.53 Å². The molecule has 1 spiro atoms. The van der Waals surface area contributed by atoms with Crippen molar-refractivity contribution in [2.45, 2.75) is 50.8 Å². The quantitative estimate of drug-likeness (QED) is 0.126. The van der Waals surface area contributed by atoms with Crippen LogP contribution < -0.4 is 19.5 Å². The number of fused-ring (bicyclic) bond motifs is 1. The summed E-state index contributed by atoms with van der Waals surface area (Å²) in [5.74, 6) is 1.62. The second-order valence-corrected chi connectivity index (χ2v) is 11.3. The molecule has 0 aliphatic carbocycles. The Hall–Kier alpha value is -3.63. The van der Waals surface area contributed by atoms with Crippen LogP contribution in [0, 0.1) is 5.41 Å². The van der Waals surface area contributed by atoms with Gasteiger partial charge in [0.2, 0.25) is 5.91 Å².